The molecule has 0 unspecified atom stereocenters. The Morgan fingerprint density at radius 1 is 0.921 bits per heavy atom. The maximum absolute atomic E-state index is 13.3. The van der Waals surface area contributed by atoms with Crippen LogP contribution in [0.1, 0.15) is 39.0 Å². The minimum Gasteiger partial charge on any atom is -0.352 e. The lowest BCUT2D eigenvalue weighted by molar-refractivity contribution is 0.0953. The fraction of sp³-hybridized carbons (Fsp3) is 0.125. The third-order valence-corrected chi connectivity index (χ3v) is 7.26. The summed E-state index contributed by atoms with van der Waals surface area (Å²) in [7, 11) is 0. The Morgan fingerprint density at radius 2 is 1.76 bits per heavy atom. The number of halogens is 1. The number of benzene rings is 4. The van der Waals surface area contributed by atoms with E-state index in [0.717, 1.165) is 34.6 Å². The monoisotopic (exact) mass is 519 g/mol. The number of carbonyl (C=O) groups is 1. The van der Waals surface area contributed by atoms with Crippen LogP contribution in [0.4, 0.5) is 4.39 Å². The number of H-pyrrole nitrogens is 1. The molecule has 0 saturated carbocycles. The zero-order chi connectivity index (χ0) is 26.2. The molecule has 1 aromatic heterocycles. The summed E-state index contributed by atoms with van der Waals surface area (Å²) in [5.41, 5.74) is 4.37. The van der Waals surface area contributed by atoms with E-state index in [1.165, 1.54) is 28.5 Å². The highest BCUT2D eigenvalue weighted by atomic mass is 32.2. The first-order chi connectivity index (χ1) is 18.6. The molecule has 0 fully saturated rings. The fourth-order valence-corrected chi connectivity index (χ4v) is 5.00. The largest absolute Gasteiger partial charge is 0.352 e. The number of rotatable bonds is 8. The Bertz CT molecular complexity index is 1600. The number of fused-ring (bicyclic) bond motifs is 1. The lowest BCUT2D eigenvalue weighted by atomic mass is 10.1. The highest BCUT2D eigenvalue weighted by Crippen LogP contribution is 2.28. The number of aromatic amines is 1. The maximum Gasteiger partial charge on any atom is 0.251 e. The van der Waals surface area contributed by atoms with Crippen molar-refractivity contribution >= 4 is 28.4 Å². The summed E-state index contributed by atoms with van der Waals surface area (Å²) >= 11 is 1.68. The second-order valence-electron chi connectivity index (χ2n) is 8.90. The first-order valence-corrected chi connectivity index (χ1v) is 13.4. The van der Waals surface area contributed by atoms with Crippen LogP contribution >= 0.6 is 11.8 Å². The Labute approximate surface area is 225 Å². The lowest BCUT2D eigenvalue weighted by Gasteiger charge is -2.09. The van der Waals surface area contributed by atoms with Crippen LogP contribution in [0.25, 0.3) is 10.8 Å². The van der Waals surface area contributed by atoms with Crippen LogP contribution in [-0.2, 0) is 12.2 Å². The van der Waals surface area contributed by atoms with Gasteiger partial charge in [-0.2, -0.15) is 5.10 Å². The number of carbonyl (C=O) groups excluding carboxylic acids is 1. The summed E-state index contributed by atoms with van der Waals surface area (Å²) < 4.78 is 13.3. The number of aryl methyl sites for hydroxylation is 1. The van der Waals surface area contributed by atoms with Crippen molar-refractivity contribution in [1.82, 2.24) is 15.5 Å². The molecule has 5 rings (SSSR count). The van der Waals surface area contributed by atoms with Gasteiger partial charge in [0.2, 0.25) is 0 Å². The molecule has 2 N–H and O–H groups in total. The van der Waals surface area contributed by atoms with E-state index < -0.39 is 0 Å². The van der Waals surface area contributed by atoms with Crippen molar-refractivity contribution in [2.45, 2.75) is 23.5 Å². The molecule has 38 heavy (non-hydrogen) atoms. The zero-order valence-corrected chi connectivity index (χ0v) is 21.5. The van der Waals surface area contributed by atoms with Gasteiger partial charge in [-0.25, -0.2) is 4.39 Å². The summed E-state index contributed by atoms with van der Waals surface area (Å²) in [6.45, 7) is 0.569. The molecule has 188 valence electrons. The smallest absolute Gasteiger partial charge is 0.251 e. The van der Waals surface area contributed by atoms with Gasteiger partial charge < -0.3 is 5.32 Å². The van der Waals surface area contributed by atoms with Crippen LogP contribution in [0.3, 0.4) is 0 Å². The Balaban J connectivity index is 1.32. The van der Waals surface area contributed by atoms with Crippen molar-refractivity contribution in [2.75, 3.05) is 6.54 Å². The third-order valence-electron chi connectivity index (χ3n) is 6.12. The van der Waals surface area contributed by atoms with E-state index in [4.69, 9.17) is 0 Å². The Hall–Kier alpha value is -4.34. The van der Waals surface area contributed by atoms with Gasteiger partial charge in [0.1, 0.15) is 5.82 Å². The summed E-state index contributed by atoms with van der Waals surface area (Å²) in [6.07, 6.45) is 5.32. The molecule has 4 nitrogen and oxygen atoms in total. The highest BCUT2D eigenvalue weighted by Gasteiger charge is 2.10. The van der Waals surface area contributed by atoms with E-state index in [1.54, 1.807) is 30.1 Å². The van der Waals surface area contributed by atoms with Crippen molar-refractivity contribution in [3.05, 3.63) is 131 Å². The first kappa shape index (κ1) is 25.3. The summed E-state index contributed by atoms with van der Waals surface area (Å²) in [5.74, 6) is 6.67. The highest BCUT2D eigenvalue weighted by molar-refractivity contribution is 7.98. The molecule has 6 heteroatoms. The zero-order valence-electron chi connectivity index (χ0n) is 20.7. The molecule has 0 bridgehead atoms. The quantitative estimate of drug-likeness (QED) is 0.135. The van der Waals surface area contributed by atoms with Gasteiger partial charge in [-0.3, -0.25) is 9.89 Å². The van der Waals surface area contributed by atoms with E-state index in [0.29, 0.717) is 17.7 Å². The topological polar surface area (TPSA) is 57.8 Å². The predicted octanol–water partition coefficient (Wildman–Crippen LogP) is 6.76. The van der Waals surface area contributed by atoms with E-state index in [1.807, 2.05) is 36.5 Å². The maximum atomic E-state index is 13.3. The van der Waals surface area contributed by atoms with Gasteiger partial charge in [0.25, 0.3) is 5.91 Å². The number of nitrogens with one attached hydrogen (secondary N) is 2. The second kappa shape index (κ2) is 12.3. The number of aromatic nitrogens is 2. The molecule has 0 atom stereocenters. The minimum atomic E-state index is -0.298. The molecule has 0 aliphatic carbocycles. The molecule has 0 aliphatic heterocycles. The standard InChI is InChI=1S/C32H26FN3OS/c33-30-14-9-23(10-15-30)7-12-28-19-29(32(37)34-17-3-4-25-20-35-36-21-25)13-16-31(28)38-22-24-8-11-26-5-1-2-6-27(26)18-24/h1-2,5-6,8-11,13-16,18-21H,3-4,17,22H2,(H,34,37)(H,35,36). The van der Waals surface area contributed by atoms with Gasteiger partial charge in [-0.05, 0) is 77.2 Å². The number of thioether (sulfide) groups is 1. The van der Waals surface area contributed by atoms with Crippen LogP contribution in [0.2, 0.25) is 0 Å². The number of nitrogens with zero attached hydrogens (tertiary/aromatic N) is 1. The van der Waals surface area contributed by atoms with E-state index in [2.05, 4.69) is 57.7 Å². The van der Waals surface area contributed by atoms with Crippen molar-refractivity contribution in [3.8, 4) is 11.8 Å². The van der Waals surface area contributed by atoms with Crippen LogP contribution < -0.4 is 5.32 Å². The van der Waals surface area contributed by atoms with Gasteiger partial charge in [-0.1, -0.05) is 54.3 Å². The van der Waals surface area contributed by atoms with Gasteiger partial charge in [-0.15, -0.1) is 11.8 Å². The Kier molecular flexibility index (Phi) is 8.17. The van der Waals surface area contributed by atoms with Crippen LogP contribution in [0.15, 0.2) is 102 Å². The molecule has 0 aliphatic rings. The number of hydrogen-bond donors (Lipinski definition) is 2. The van der Waals surface area contributed by atoms with Crippen LogP contribution in [0.5, 0.6) is 0 Å². The van der Waals surface area contributed by atoms with E-state index in [9.17, 15) is 9.18 Å². The summed E-state index contributed by atoms with van der Waals surface area (Å²) in [4.78, 5) is 13.8. The van der Waals surface area contributed by atoms with Crippen molar-refractivity contribution in [3.63, 3.8) is 0 Å². The van der Waals surface area contributed by atoms with Gasteiger partial charge >= 0.3 is 0 Å². The van der Waals surface area contributed by atoms with Gasteiger partial charge in [0.15, 0.2) is 0 Å². The molecule has 5 aromatic rings. The van der Waals surface area contributed by atoms with Crippen molar-refractivity contribution in [2.24, 2.45) is 0 Å². The molecule has 1 amide bonds. The average Bonchev–Trinajstić information content (AvgIpc) is 3.47. The second-order valence-corrected chi connectivity index (χ2v) is 9.92. The van der Waals surface area contributed by atoms with Crippen molar-refractivity contribution in [1.29, 1.82) is 0 Å². The van der Waals surface area contributed by atoms with Crippen LogP contribution in [-0.4, -0.2) is 22.6 Å². The van der Waals surface area contributed by atoms with E-state index >= 15 is 0 Å². The van der Waals surface area contributed by atoms with Gasteiger partial charge in [0, 0.05) is 40.1 Å². The lowest BCUT2D eigenvalue weighted by Crippen LogP contribution is -2.24. The third kappa shape index (κ3) is 6.70. The molecule has 4 aromatic carbocycles. The normalized spacial score (nSPS) is 10.7. The predicted molar refractivity (Wildman–Crippen MR) is 152 cm³/mol. The first-order valence-electron chi connectivity index (χ1n) is 12.4. The number of hydrogen-bond acceptors (Lipinski definition) is 3. The molecular weight excluding hydrogens is 493 g/mol. The summed E-state index contributed by atoms with van der Waals surface area (Å²) in [5, 5.41) is 12.2. The molecule has 0 spiro atoms. The van der Waals surface area contributed by atoms with Crippen molar-refractivity contribution < 1.29 is 9.18 Å². The fourth-order valence-electron chi connectivity index (χ4n) is 4.07. The average molecular weight is 520 g/mol. The molecule has 0 radical (unpaired) electrons. The molecule has 0 saturated heterocycles. The minimum absolute atomic E-state index is 0.131. The molecular formula is C32H26FN3OS. The summed E-state index contributed by atoms with van der Waals surface area (Å²) in [6, 6.07) is 26.5. The van der Waals surface area contributed by atoms with Crippen LogP contribution in [0, 0.1) is 17.7 Å². The molecule has 1 heterocycles. The van der Waals surface area contributed by atoms with Gasteiger partial charge in [0.05, 0.1) is 6.20 Å². The SMILES string of the molecule is O=C(NCCCc1cn[nH]c1)c1ccc(SCc2ccc3ccccc3c2)c(C#Cc2ccc(F)cc2)c1. The van der Waals surface area contributed by atoms with E-state index in [-0.39, 0.29) is 11.7 Å². The Morgan fingerprint density at radius 3 is 2.58 bits per heavy atom. The number of amides is 1.